The molecule has 0 fully saturated rings. The Morgan fingerprint density at radius 3 is 2.05 bits per heavy atom. The Kier molecular flexibility index (Phi) is 5.02. The molecular formula is C13H17NO5S. The summed E-state index contributed by atoms with van der Waals surface area (Å²) in [4.78, 5) is 24.2. The number of Topliss-reactive ketones (excluding diaryl/α,β-unsaturated/α-hetero) is 1. The number of likely N-dealkylation sites (N-methyl/N-ethyl adjacent to an activating group) is 1. The zero-order valence-corrected chi connectivity index (χ0v) is 12.6. The van der Waals surface area contributed by atoms with Crippen LogP contribution in [0.3, 0.4) is 0 Å². The van der Waals surface area contributed by atoms with Crippen molar-refractivity contribution in [1.82, 2.24) is 4.90 Å². The molecule has 0 aliphatic rings. The van der Waals surface area contributed by atoms with E-state index in [0.717, 1.165) is 17.4 Å². The molecule has 0 aliphatic heterocycles. The van der Waals surface area contributed by atoms with Crippen molar-refractivity contribution in [1.29, 1.82) is 0 Å². The van der Waals surface area contributed by atoms with Crippen LogP contribution in [0.15, 0.2) is 29.2 Å². The number of benzene rings is 1. The van der Waals surface area contributed by atoms with Gasteiger partial charge in [-0.25, -0.2) is 4.18 Å². The maximum atomic E-state index is 12.0. The van der Waals surface area contributed by atoms with Gasteiger partial charge in [-0.2, -0.15) is 8.42 Å². The first-order valence-electron chi connectivity index (χ1n) is 5.86. The highest BCUT2D eigenvalue weighted by Gasteiger charge is 2.32. The third-order valence-corrected chi connectivity index (χ3v) is 3.86. The molecule has 0 saturated carbocycles. The van der Waals surface area contributed by atoms with Crippen molar-refractivity contribution in [3.05, 3.63) is 29.8 Å². The smallest absolute Gasteiger partial charge is 0.298 e. The summed E-state index contributed by atoms with van der Waals surface area (Å²) in [7, 11) is -1.33. The van der Waals surface area contributed by atoms with Crippen LogP contribution in [0.25, 0.3) is 0 Å². The molecule has 0 radical (unpaired) electrons. The second-order valence-corrected chi connectivity index (χ2v) is 6.16. The number of hydrogen-bond acceptors (Lipinski definition) is 5. The maximum absolute atomic E-state index is 12.0. The zero-order chi connectivity index (χ0) is 15.5. The van der Waals surface area contributed by atoms with Crippen molar-refractivity contribution >= 4 is 21.8 Å². The third kappa shape index (κ3) is 3.88. The Bertz CT molecular complexity index is 604. The monoisotopic (exact) mass is 299 g/mol. The predicted octanol–water partition coefficient (Wildman–Crippen LogP) is 0.746. The molecule has 0 heterocycles. The largest absolute Gasteiger partial charge is 0.346 e. The fraction of sp³-hybridized carbons (Fsp3) is 0.385. The Hall–Kier alpha value is -1.73. The van der Waals surface area contributed by atoms with Crippen LogP contribution in [0.5, 0.6) is 0 Å². The van der Waals surface area contributed by atoms with E-state index in [-0.39, 0.29) is 4.90 Å². The topological polar surface area (TPSA) is 80.8 Å². The van der Waals surface area contributed by atoms with E-state index in [2.05, 4.69) is 0 Å². The van der Waals surface area contributed by atoms with Crippen molar-refractivity contribution in [2.24, 2.45) is 0 Å². The first-order chi connectivity index (χ1) is 9.15. The second kappa shape index (κ2) is 6.15. The molecule has 7 heteroatoms. The van der Waals surface area contributed by atoms with Crippen LogP contribution in [0, 0.1) is 6.92 Å². The second-order valence-electron chi connectivity index (χ2n) is 4.59. The highest BCUT2D eigenvalue weighted by Crippen LogP contribution is 2.16. The SMILES string of the molecule is CC(=O)C(OS(=O)(=O)c1ccc(C)cc1)C(=O)N(C)C. The number of carbonyl (C=O) groups excluding carboxylic acids is 2. The summed E-state index contributed by atoms with van der Waals surface area (Å²) in [5, 5.41) is 0. The minimum absolute atomic E-state index is 0.0964. The molecule has 0 spiro atoms. The van der Waals surface area contributed by atoms with Gasteiger partial charge in [0.2, 0.25) is 6.10 Å². The Balaban J connectivity index is 3.07. The molecule has 1 aromatic rings. The van der Waals surface area contributed by atoms with E-state index in [0.29, 0.717) is 0 Å². The normalized spacial score (nSPS) is 12.8. The van der Waals surface area contributed by atoms with E-state index >= 15 is 0 Å². The quantitative estimate of drug-likeness (QED) is 0.592. The molecule has 0 N–H and O–H groups in total. The van der Waals surface area contributed by atoms with Crippen LogP contribution >= 0.6 is 0 Å². The average Bonchev–Trinajstić information content (AvgIpc) is 2.35. The molecule has 0 aromatic heterocycles. The fourth-order valence-corrected chi connectivity index (χ4v) is 2.46. The van der Waals surface area contributed by atoms with Crippen molar-refractivity contribution in [2.45, 2.75) is 24.8 Å². The van der Waals surface area contributed by atoms with Gasteiger partial charge in [0.05, 0.1) is 4.90 Å². The van der Waals surface area contributed by atoms with Crippen molar-refractivity contribution in [3.8, 4) is 0 Å². The number of nitrogens with zero attached hydrogens (tertiary/aromatic N) is 1. The molecule has 1 aromatic carbocycles. The van der Waals surface area contributed by atoms with Crippen molar-refractivity contribution in [2.75, 3.05) is 14.1 Å². The molecule has 0 saturated heterocycles. The summed E-state index contributed by atoms with van der Waals surface area (Å²) in [6.45, 7) is 2.92. The molecule has 0 bridgehead atoms. The molecule has 0 aliphatic carbocycles. The molecule has 1 unspecified atom stereocenters. The number of carbonyl (C=O) groups is 2. The lowest BCUT2D eigenvalue weighted by Gasteiger charge is -2.18. The van der Waals surface area contributed by atoms with Crippen LogP contribution in [-0.2, 0) is 23.9 Å². The number of hydrogen-bond donors (Lipinski definition) is 0. The number of amides is 1. The van der Waals surface area contributed by atoms with Gasteiger partial charge in [0.15, 0.2) is 5.78 Å². The van der Waals surface area contributed by atoms with Crippen LogP contribution in [0.2, 0.25) is 0 Å². The Labute approximate surface area is 118 Å². The zero-order valence-electron chi connectivity index (χ0n) is 11.8. The van der Waals surface area contributed by atoms with Gasteiger partial charge in [0, 0.05) is 14.1 Å². The minimum atomic E-state index is -4.17. The van der Waals surface area contributed by atoms with E-state index < -0.39 is 27.9 Å². The molecule has 6 nitrogen and oxygen atoms in total. The summed E-state index contributed by atoms with van der Waals surface area (Å²) in [5.74, 6) is -1.38. The van der Waals surface area contributed by atoms with Crippen LogP contribution in [0.4, 0.5) is 0 Å². The molecular weight excluding hydrogens is 282 g/mol. The standard InChI is InChI=1S/C13H17NO5S/c1-9-5-7-11(8-6-9)20(17,18)19-12(10(2)15)13(16)14(3)4/h5-8,12H,1-4H3. The number of rotatable bonds is 5. The van der Waals surface area contributed by atoms with Crippen LogP contribution in [-0.4, -0.2) is 45.2 Å². The van der Waals surface area contributed by atoms with Gasteiger partial charge in [-0.1, -0.05) is 17.7 Å². The van der Waals surface area contributed by atoms with Crippen molar-refractivity contribution < 1.29 is 22.2 Å². The number of ketones is 1. The molecule has 1 atom stereocenters. The highest BCUT2D eigenvalue weighted by molar-refractivity contribution is 7.86. The summed E-state index contributed by atoms with van der Waals surface area (Å²) >= 11 is 0. The van der Waals surface area contributed by atoms with Gasteiger partial charge >= 0.3 is 0 Å². The Morgan fingerprint density at radius 1 is 1.15 bits per heavy atom. The maximum Gasteiger partial charge on any atom is 0.298 e. The predicted molar refractivity (Wildman–Crippen MR) is 72.6 cm³/mol. The van der Waals surface area contributed by atoms with E-state index in [9.17, 15) is 18.0 Å². The minimum Gasteiger partial charge on any atom is -0.346 e. The summed E-state index contributed by atoms with van der Waals surface area (Å²) < 4.78 is 28.9. The number of aryl methyl sites for hydroxylation is 1. The van der Waals surface area contributed by atoms with Gasteiger partial charge in [-0.15, -0.1) is 0 Å². The van der Waals surface area contributed by atoms with Crippen LogP contribution in [0.1, 0.15) is 12.5 Å². The van der Waals surface area contributed by atoms with Gasteiger partial charge in [0.1, 0.15) is 0 Å². The third-order valence-electron chi connectivity index (χ3n) is 2.57. The van der Waals surface area contributed by atoms with Gasteiger partial charge < -0.3 is 4.90 Å². The summed E-state index contributed by atoms with van der Waals surface area (Å²) in [5.41, 5.74) is 0.886. The molecule has 1 rings (SSSR count). The summed E-state index contributed by atoms with van der Waals surface area (Å²) in [6.07, 6.45) is -1.66. The van der Waals surface area contributed by atoms with E-state index in [1.54, 1.807) is 12.1 Å². The molecule has 110 valence electrons. The van der Waals surface area contributed by atoms with E-state index in [1.165, 1.54) is 26.2 Å². The van der Waals surface area contributed by atoms with Crippen molar-refractivity contribution in [3.63, 3.8) is 0 Å². The van der Waals surface area contributed by atoms with Gasteiger partial charge in [-0.3, -0.25) is 9.59 Å². The first-order valence-corrected chi connectivity index (χ1v) is 7.27. The lowest BCUT2D eigenvalue weighted by molar-refractivity contribution is -0.142. The highest BCUT2D eigenvalue weighted by atomic mass is 32.2. The summed E-state index contributed by atoms with van der Waals surface area (Å²) in [6, 6.07) is 5.93. The lowest BCUT2D eigenvalue weighted by Crippen LogP contribution is -2.41. The Morgan fingerprint density at radius 2 is 1.65 bits per heavy atom. The lowest BCUT2D eigenvalue weighted by atomic mass is 10.2. The molecule has 1 amide bonds. The fourth-order valence-electron chi connectivity index (χ4n) is 1.40. The van der Waals surface area contributed by atoms with E-state index in [1.807, 2.05) is 6.92 Å². The van der Waals surface area contributed by atoms with Gasteiger partial charge in [-0.05, 0) is 26.0 Å². The van der Waals surface area contributed by atoms with E-state index in [4.69, 9.17) is 4.18 Å². The molecule has 20 heavy (non-hydrogen) atoms. The van der Waals surface area contributed by atoms with Crippen LogP contribution < -0.4 is 0 Å². The average molecular weight is 299 g/mol. The van der Waals surface area contributed by atoms with Gasteiger partial charge in [0.25, 0.3) is 16.0 Å². The first kappa shape index (κ1) is 16.3.